The molecule has 22 heavy (non-hydrogen) atoms. The third kappa shape index (κ3) is 3.51. The number of nitrogens with zero attached hydrogens (tertiary/aromatic N) is 2. The first-order chi connectivity index (χ1) is 10.3. The van der Waals surface area contributed by atoms with Gasteiger partial charge in [-0.2, -0.15) is 0 Å². The summed E-state index contributed by atoms with van der Waals surface area (Å²) in [6.07, 6.45) is 2.73. The molecule has 3 rings (SSSR count). The highest BCUT2D eigenvalue weighted by atomic mass is 35.5. The first-order valence-electron chi connectivity index (χ1n) is 7.73. The van der Waals surface area contributed by atoms with Gasteiger partial charge in [-0.25, -0.2) is 0 Å². The van der Waals surface area contributed by atoms with Crippen LogP contribution in [0.4, 0.5) is 0 Å². The Morgan fingerprint density at radius 3 is 2.55 bits per heavy atom. The monoisotopic (exact) mass is 322 g/mol. The van der Waals surface area contributed by atoms with Crippen LogP contribution in [0.25, 0.3) is 11.3 Å². The van der Waals surface area contributed by atoms with Gasteiger partial charge in [0.05, 0.1) is 0 Å². The lowest BCUT2D eigenvalue weighted by molar-refractivity contribution is 0.0393. The molecular weight excluding hydrogens is 300 g/mol. The maximum absolute atomic E-state index is 10.6. The topological polar surface area (TPSA) is 49.5 Å². The zero-order valence-corrected chi connectivity index (χ0v) is 13.6. The van der Waals surface area contributed by atoms with Gasteiger partial charge in [-0.05, 0) is 32.4 Å². The summed E-state index contributed by atoms with van der Waals surface area (Å²) in [6.45, 7) is 4.24. The van der Waals surface area contributed by atoms with E-state index in [0.29, 0.717) is 5.76 Å². The summed E-state index contributed by atoms with van der Waals surface area (Å²) < 4.78 is 5.40. The summed E-state index contributed by atoms with van der Waals surface area (Å²) in [7, 11) is 0. The lowest BCUT2D eigenvalue weighted by atomic mass is 10.0. The maximum Gasteiger partial charge on any atom is 0.167 e. The first kappa shape index (κ1) is 17.0. The van der Waals surface area contributed by atoms with Gasteiger partial charge in [-0.15, -0.1) is 12.4 Å². The van der Waals surface area contributed by atoms with E-state index in [1.165, 1.54) is 12.8 Å². The van der Waals surface area contributed by atoms with Crippen LogP contribution >= 0.6 is 12.4 Å². The summed E-state index contributed by atoms with van der Waals surface area (Å²) >= 11 is 0. The molecule has 2 aromatic rings. The Labute approximate surface area is 137 Å². The number of hydrogen-bond donors (Lipinski definition) is 1. The average Bonchev–Trinajstić information content (AvgIpc) is 3.20. The number of halogens is 1. The van der Waals surface area contributed by atoms with Crippen LogP contribution in [0.15, 0.2) is 40.9 Å². The fourth-order valence-corrected chi connectivity index (χ4v) is 3.12. The molecule has 2 atom stereocenters. The average molecular weight is 323 g/mol. The molecule has 5 heteroatoms. The van der Waals surface area contributed by atoms with E-state index in [1.54, 1.807) is 0 Å². The second-order valence-corrected chi connectivity index (χ2v) is 5.64. The molecular formula is C17H23ClN2O2. The normalized spacial score (nSPS) is 17.9. The second-order valence-electron chi connectivity index (χ2n) is 5.64. The molecule has 0 amide bonds. The molecule has 1 N–H and O–H groups in total. The van der Waals surface area contributed by atoms with Gasteiger partial charge in [0.2, 0.25) is 0 Å². The van der Waals surface area contributed by atoms with Crippen molar-refractivity contribution in [2.45, 2.75) is 38.3 Å². The van der Waals surface area contributed by atoms with Gasteiger partial charge in [0.25, 0.3) is 0 Å². The summed E-state index contributed by atoms with van der Waals surface area (Å²) in [5.74, 6) is 0.563. The van der Waals surface area contributed by atoms with Crippen LogP contribution in [0, 0.1) is 0 Å². The van der Waals surface area contributed by atoms with Crippen molar-refractivity contribution in [1.82, 2.24) is 10.1 Å². The summed E-state index contributed by atoms with van der Waals surface area (Å²) in [5, 5.41) is 14.7. The maximum atomic E-state index is 10.6. The minimum absolute atomic E-state index is 0. The number of aliphatic hydroxyl groups is 1. The summed E-state index contributed by atoms with van der Waals surface area (Å²) in [6, 6.07) is 11.9. The quantitative estimate of drug-likeness (QED) is 0.912. The van der Waals surface area contributed by atoms with E-state index in [0.717, 1.165) is 30.8 Å². The fraction of sp³-hybridized carbons (Fsp3) is 0.471. The molecule has 1 aromatic carbocycles. The van der Waals surface area contributed by atoms with Crippen molar-refractivity contribution in [3.63, 3.8) is 0 Å². The third-order valence-electron chi connectivity index (χ3n) is 4.28. The number of benzene rings is 1. The molecule has 0 radical (unpaired) electrons. The minimum atomic E-state index is -0.613. The van der Waals surface area contributed by atoms with Crippen LogP contribution in [-0.4, -0.2) is 34.3 Å². The van der Waals surface area contributed by atoms with Crippen molar-refractivity contribution < 1.29 is 9.63 Å². The van der Waals surface area contributed by atoms with Crippen molar-refractivity contribution in [2.24, 2.45) is 0 Å². The lowest BCUT2D eigenvalue weighted by Crippen LogP contribution is -2.37. The van der Waals surface area contributed by atoms with Gasteiger partial charge in [-0.1, -0.05) is 42.4 Å². The molecule has 0 saturated carbocycles. The molecule has 1 saturated heterocycles. The van der Waals surface area contributed by atoms with Crippen LogP contribution in [-0.2, 0) is 0 Å². The Kier molecular flexibility index (Phi) is 6.00. The van der Waals surface area contributed by atoms with Gasteiger partial charge in [-0.3, -0.25) is 4.90 Å². The molecule has 0 unspecified atom stereocenters. The molecule has 2 heterocycles. The predicted octanol–water partition coefficient (Wildman–Crippen LogP) is 3.67. The third-order valence-corrected chi connectivity index (χ3v) is 4.28. The second kappa shape index (κ2) is 7.77. The van der Waals surface area contributed by atoms with E-state index in [2.05, 4.69) is 17.0 Å². The Balaban J connectivity index is 0.00000176. The summed E-state index contributed by atoms with van der Waals surface area (Å²) in [4.78, 5) is 2.36. The van der Waals surface area contributed by atoms with Gasteiger partial charge in [0, 0.05) is 17.7 Å². The Morgan fingerprint density at radius 2 is 1.91 bits per heavy atom. The minimum Gasteiger partial charge on any atom is -0.383 e. The number of aromatic nitrogens is 1. The van der Waals surface area contributed by atoms with Gasteiger partial charge in [0.15, 0.2) is 5.76 Å². The highest BCUT2D eigenvalue weighted by Gasteiger charge is 2.30. The molecule has 1 aromatic heterocycles. The van der Waals surface area contributed by atoms with Crippen LogP contribution < -0.4 is 0 Å². The smallest absolute Gasteiger partial charge is 0.167 e. The van der Waals surface area contributed by atoms with E-state index in [9.17, 15) is 5.11 Å². The van der Waals surface area contributed by atoms with Crippen molar-refractivity contribution in [3.05, 3.63) is 42.2 Å². The van der Waals surface area contributed by atoms with Gasteiger partial charge in [0.1, 0.15) is 11.8 Å². The van der Waals surface area contributed by atoms with Gasteiger partial charge >= 0.3 is 0 Å². The standard InChI is InChI=1S/C17H22N2O2.ClH/c1-2-15(19-10-6-7-11-19)17(20)16-12-14(18-21-16)13-8-4-3-5-9-13;/h3-5,8-9,12,15,17,20H,2,6-7,10-11H2,1H3;1H/t15-,17-;/m0./s1. The Bertz CT molecular complexity index is 567. The van der Waals surface area contributed by atoms with E-state index >= 15 is 0 Å². The molecule has 0 spiro atoms. The van der Waals surface area contributed by atoms with Gasteiger partial charge < -0.3 is 9.63 Å². The molecule has 1 aliphatic rings. The zero-order chi connectivity index (χ0) is 14.7. The number of aliphatic hydroxyl groups excluding tert-OH is 1. The van der Waals surface area contributed by atoms with E-state index < -0.39 is 6.10 Å². The SMILES string of the molecule is CC[C@@H]([C@H](O)c1cc(-c2ccccc2)no1)N1CCCC1.Cl. The Morgan fingerprint density at radius 1 is 1.23 bits per heavy atom. The number of rotatable bonds is 5. The van der Waals surface area contributed by atoms with E-state index in [1.807, 2.05) is 36.4 Å². The zero-order valence-electron chi connectivity index (χ0n) is 12.8. The van der Waals surface area contributed by atoms with E-state index in [4.69, 9.17) is 4.52 Å². The van der Waals surface area contributed by atoms with Crippen molar-refractivity contribution in [1.29, 1.82) is 0 Å². The molecule has 120 valence electrons. The van der Waals surface area contributed by atoms with Crippen LogP contribution in [0.1, 0.15) is 38.1 Å². The summed E-state index contributed by atoms with van der Waals surface area (Å²) in [5.41, 5.74) is 1.79. The fourth-order valence-electron chi connectivity index (χ4n) is 3.12. The largest absolute Gasteiger partial charge is 0.383 e. The highest BCUT2D eigenvalue weighted by molar-refractivity contribution is 5.85. The van der Waals surface area contributed by atoms with Crippen LogP contribution in [0.5, 0.6) is 0 Å². The first-order valence-corrected chi connectivity index (χ1v) is 7.73. The molecule has 0 bridgehead atoms. The van der Waals surface area contributed by atoms with Crippen molar-refractivity contribution in [3.8, 4) is 11.3 Å². The molecule has 0 aliphatic carbocycles. The van der Waals surface area contributed by atoms with E-state index in [-0.39, 0.29) is 18.4 Å². The molecule has 4 nitrogen and oxygen atoms in total. The molecule has 1 aliphatic heterocycles. The van der Waals surface area contributed by atoms with Crippen LogP contribution in [0.2, 0.25) is 0 Å². The molecule has 1 fully saturated rings. The number of likely N-dealkylation sites (tertiary alicyclic amines) is 1. The van der Waals surface area contributed by atoms with Crippen LogP contribution in [0.3, 0.4) is 0 Å². The lowest BCUT2D eigenvalue weighted by Gasteiger charge is -2.29. The number of hydrogen-bond acceptors (Lipinski definition) is 4. The Hall–Kier alpha value is -1.36. The van der Waals surface area contributed by atoms with Crippen molar-refractivity contribution >= 4 is 12.4 Å². The predicted molar refractivity (Wildman–Crippen MR) is 89.0 cm³/mol. The highest BCUT2D eigenvalue weighted by Crippen LogP contribution is 2.29. The van der Waals surface area contributed by atoms with Crippen molar-refractivity contribution in [2.75, 3.05) is 13.1 Å².